The number of nitrogens with zero attached hydrogens (tertiary/aromatic N) is 2. The van der Waals surface area contributed by atoms with Crippen LogP contribution in [-0.4, -0.2) is 28.0 Å². The molecule has 6 heteroatoms. The van der Waals surface area contributed by atoms with Gasteiger partial charge in [-0.15, -0.1) is 12.4 Å². The fraction of sp³-hybridized carbons (Fsp3) is 0.400. The van der Waals surface area contributed by atoms with Gasteiger partial charge in [0.2, 0.25) is 0 Å². The zero-order valence-corrected chi connectivity index (χ0v) is 12.5. The fourth-order valence-electron chi connectivity index (χ4n) is 2.92. The van der Waals surface area contributed by atoms with Gasteiger partial charge >= 0.3 is 0 Å². The number of carbonyl (C=O) groups excluding carboxylic acids is 1. The van der Waals surface area contributed by atoms with Crippen LogP contribution in [0.15, 0.2) is 30.6 Å². The molecule has 0 radical (unpaired) electrons. The molecule has 3 rings (SSSR count). The summed E-state index contributed by atoms with van der Waals surface area (Å²) < 4.78 is 0. The van der Waals surface area contributed by atoms with Crippen molar-refractivity contribution in [3.05, 3.63) is 36.2 Å². The molecule has 1 fully saturated rings. The Labute approximate surface area is 129 Å². The van der Waals surface area contributed by atoms with Gasteiger partial charge in [-0.05, 0) is 25.0 Å². The van der Waals surface area contributed by atoms with Crippen LogP contribution >= 0.6 is 12.4 Å². The molecule has 1 aromatic heterocycles. The molecule has 1 saturated carbocycles. The molecule has 1 aliphatic rings. The highest BCUT2D eigenvalue weighted by Gasteiger charge is 2.34. The van der Waals surface area contributed by atoms with Crippen molar-refractivity contribution in [1.29, 1.82) is 0 Å². The third-order valence-corrected chi connectivity index (χ3v) is 4.07. The lowest BCUT2D eigenvalue weighted by atomic mass is 9.97. The van der Waals surface area contributed by atoms with Gasteiger partial charge in [-0.2, -0.15) is 0 Å². The summed E-state index contributed by atoms with van der Waals surface area (Å²) >= 11 is 0. The lowest BCUT2D eigenvalue weighted by molar-refractivity contribution is 0.0904. The highest BCUT2D eigenvalue weighted by Crippen LogP contribution is 2.29. The average molecular weight is 307 g/mol. The molecule has 2 aromatic rings. The largest absolute Gasteiger partial charge is 0.345 e. The maximum Gasteiger partial charge on any atom is 0.254 e. The summed E-state index contributed by atoms with van der Waals surface area (Å²) in [6.45, 7) is 0.481. The summed E-state index contributed by atoms with van der Waals surface area (Å²) in [4.78, 5) is 21.0. The van der Waals surface area contributed by atoms with Crippen LogP contribution < -0.4 is 11.1 Å². The topological polar surface area (TPSA) is 80.9 Å². The van der Waals surface area contributed by atoms with Crippen LogP contribution in [-0.2, 0) is 0 Å². The van der Waals surface area contributed by atoms with Gasteiger partial charge in [0.1, 0.15) is 5.52 Å². The maximum atomic E-state index is 12.5. The predicted octanol–water partition coefficient (Wildman–Crippen LogP) is 2.05. The molecule has 5 nitrogen and oxygen atoms in total. The van der Waals surface area contributed by atoms with E-state index in [1.807, 2.05) is 12.1 Å². The van der Waals surface area contributed by atoms with Crippen molar-refractivity contribution in [2.24, 2.45) is 5.73 Å². The summed E-state index contributed by atoms with van der Waals surface area (Å²) in [6.07, 6.45) is 7.37. The van der Waals surface area contributed by atoms with Crippen LogP contribution in [0.25, 0.3) is 11.0 Å². The van der Waals surface area contributed by atoms with E-state index in [4.69, 9.17) is 5.73 Å². The summed E-state index contributed by atoms with van der Waals surface area (Å²) in [5.41, 5.74) is 7.55. The standard InChI is InChI=1S/C15H18N4O.ClH/c16-10-15(6-1-2-7-15)19-14(20)11-4-3-5-12-13(11)18-9-8-17-12;/h3-5,8-9H,1-2,6-7,10,16H2,(H,19,20);1H. The Bertz CT molecular complexity index is 635. The third-order valence-electron chi connectivity index (χ3n) is 4.07. The van der Waals surface area contributed by atoms with Crippen molar-refractivity contribution in [3.8, 4) is 0 Å². The number of carbonyl (C=O) groups is 1. The minimum Gasteiger partial charge on any atom is -0.345 e. The van der Waals surface area contributed by atoms with Gasteiger partial charge in [0.25, 0.3) is 5.91 Å². The molecule has 1 amide bonds. The predicted molar refractivity (Wildman–Crippen MR) is 84.5 cm³/mol. The van der Waals surface area contributed by atoms with Crippen molar-refractivity contribution in [2.45, 2.75) is 31.2 Å². The molecule has 1 aromatic carbocycles. The number of nitrogens with one attached hydrogen (secondary N) is 1. The zero-order valence-electron chi connectivity index (χ0n) is 11.7. The van der Waals surface area contributed by atoms with Crippen molar-refractivity contribution >= 4 is 29.3 Å². The summed E-state index contributed by atoms with van der Waals surface area (Å²) in [5, 5.41) is 3.12. The number of benzene rings is 1. The summed E-state index contributed by atoms with van der Waals surface area (Å²) in [7, 11) is 0. The maximum absolute atomic E-state index is 12.5. The molecule has 1 heterocycles. The van der Waals surface area contributed by atoms with Crippen LogP contribution in [0.3, 0.4) is 0 Å². The normalized spacial score (nSPS) is 16.4. The molecular formula is C15H19ClN4O. The van der Waals surface area contributed by atoms with Crippen LogP contribution in [0, 0.1) is 0 Å². The molecule has 0 aliphatic heterocycles. The van der Waals surface area contributed by atoms with Gasteiger partial charge in [-0.1, -0.05) is 18.9 Å². The van der Waals surface area contributed by atoms with Crippen molar-refractivity contribution < 1.29 is 4.79 Å². The molecular weight excluding hydrogens is 288 g/mol. The van der Waals surface area contributed by atoms with Gasteiger partial charge in [0.15, 0.2) is 0 Å². The van der Waals surface area contributed by atoms with E-state index >= 15 is 0 Å². The van der Waals surface area contributed by atoms with Crippen LogP contribution in [0.4, 0.5) is 0 Å². The zero-order chi connectivity index (χ0) is 14.0. The first kappa shape index (κ1) is 15.7. The quantitative estimate of drug-likeness (QED) is 0.909. The number of hydrogen-bond donors (Lipinski definition) is 2. The number of fused-ring (bicyclic) bond motifs is 1. The van der Waals surface area contributed by atoms with E-state index < -0.39 is 0 Å². The van der Waals surface area contributed by atoms with E-state index in [1.165, 1.54) is 0 Å². The Kier molecular flexibility index (Phi) is 4.75. The van der Waals surface area contributed by atoms with Gasteiger partial charge in [0, 0.05) is 18.9 Å². The Morgan fingerprint density at radius 1 is 1.24 bits per heavy atom. The smallest absolute Gasteiger partial charge is 0.254 e. The SMILES string of the molecule is Cl.NCC1(NC(=O)c2cccc3nccnc23)CCCC1. The Hall–Kier alpha value is -1.72. The second kappa shape index (κ2) is 6.37. The number of para-hydroxylation sites is 1. The lowest BCUT2D eigenvalue weighted by Crippen LogP contribution is -2.51. The molecule has 0 unspecified atom stereocenters. The highest BCUT2D eigenvalue weighted by molar-refractivity contribution is 6.04. The van der Waals surface area contributed by atoms with E-state index in [0.717, 1.165) is 31.2 Å². The van der Waals surface area contributed by atoms with E-state index in [1.54, 1.807) is 18.5 Å². The van der Waals surface area contributed by atoms with Crippen molar-refractivity contribution in [2.75, 3.05) is 6.54 Å². The second-order valence-electron chi connectivity index (χ2n) is 5.38. The number of rotatable bonds is 3. The van der Waals surface area contributed by atoms with Crippen LogP contribution in [0.1, 0.15) is 36.0 Å². The minimum absolute atomic E-state index is 0. The average Bonchev–Trinajstić information content (AvgIpc) is 2.95. The fourth-order valence-corrected chi connectivity index (χ4v) is 2.92. The van der Waals surface area contributed by atoms with E-state index in [9.17, 15) is 4.79 Å². The Balaban J connectivity index is 0.00000161. The van der Waals surface area contributed by atoms with Crippen molar-refractivity contribution in [3.63, 3.8) is 0 Å². The molecule has 0 saturated heterocycles. The Morgan fingerprint density at radius 3 is 2.67 bits per heavy atom. The number of hydrogen-bond acceptors (Lipinski definition) is 4. The first-order chi connectivity index (χ1) is 9.74. The first-order valence-corrected chi connectivity index (χ1v) is 6.96. The highest BCUT2D eigenvalue weighted by atomic mass is 35.5. The molecule has 112 valence electrons. The van der Waals surface area contributed by atoms with Gasteiger partial charge in [-0.25, -0.2) is 0 Å². The minimum atomic E-state index is -0.249. The van der Waals surface area contributed by atoms with Crippen molar-refractivity contribution in [1.82, 2.24) is 15.3 Å². The van der Waals surface area contributed by atoms with Gasteiger partial charge < -0.3 is 11.1 Å². The number of aromatic nitrogens is 2. The van der Waals surface area contributed by atoms with E-state index in [-0.39, 0.29) is 23.9 Å². The van der Waals surface area contributed by atoms with Crippen LogP contribution in [0.2, 0.25) is 0 Å². The summed E-state index contributed by atoms with van der Waals surface area (Å²) in [5.74, 6) is -0.108. The third kappa shape index (κ3) is 2.99. The van der Waals surface area contributed by atoms with Gasteiger partial charge in [-0.3, -0.25) is 14.8 Å². The monoisotopic (exact) mass is 306 g/mol. The Morgan fingerprint density at radius 2 is 1.95 bits per heavy atom. The molecule has 21 heavy (non-hydrogen) atoms. The molecule has 1 aliphatic carbocycles. The molecule has 0 spiro atoms. The van der Waals surface area contributed by atoms with E-state index in [2.05, 4.69) is 15.3 Å². The van der Waals surface area contributed by atoms with Gasteiger partial charge in [0.05, 0.1) is 16.6 Å². The number of amides is 1. The number of nitrogens with two attached hydrogens (primary N) is 1. The molecule has 0 bridgehead atoms. The van der Waals surface area contributed by atoms with E-state index in [0.29, 0.717) is 17.6 Å². The first-order valence-electron chi connectivity index (χ1n) is 6.96. The lowest BCUT2D eigenvalue weighted by Gasteiger charge is -2.28. The van der Waals surface area contributed by atoms with Crippen LogP contribution in [0.5, 0.6) is 0 Å². The summed E-state index contributed by atoms with van der Waals surface area (Å²) in [6, 6.07) is 5.47. The number of halogens is 1. The molecule has 0 atom stereocenters. The molecule has 3 N–H and O–H groups in total. The second-order valence-corrected chi connectivity index (χ2v) is 5.38.